The van der Waals surface area contributed by atoms with E-state index in [0.29, 0.717) is 16.7 Å². The molecule has 0 radical (unpaired) electrons. The second kappa shape index (κ2) is 8.27. The summed E-state index contributed by atoms with van der Waals surface area (Å²) < 4.78 is 7.86. The second-order valence-corrected chi connectivity index (χ2v) is 10.5. The summed E-state index contributed by atoms with van der Waals surface area (Å²) in [6.07, 6.45) is 8.99. The topological polar surface area (TPSA) is 84.1 Å². The van der Waals surface area contributed by atoms with Crippen molar-refractivity contribution >= 4 is 33.9 Å². The monoisotopic (exact) mass is 477 g/mol. The Bertz CT molecular complexity index is 1390. The van der Waals surface area contributed by atoms with Crippen LogP contribution in [0, 0.1) is 0 Å². The molecule has 0 unspecified atom stereocenters. The highest BCUT2D eigenvalue weighted by Gasteiger charge is 2.30. The Morgan fingerprint density at radius 3 is 2.65 bits per heavy atom. The molecule has 1 N–H and O–H groups in total. The highest BCUT2D eigenvalue weighted by atomic mass is 32.1. The second-order valence-electron chi connectivity index (χ2n) is 9.37. The number of fused-ring (bicyclic) bond motifs is 2. The largest absolute Gasteiger partial charge is 0.494 e. The van der Waals surface area contributed by atoms with Gasteiger partial charge in [0, 0.05) is 46.2 Å². The Balaban J connectivity index is 1.52. The molecule has 1 saturated heterocycles. The molecule has 34 heavy (non-hydrogen) atoms. The third-order valence-corrected chi connectivity index (χ3v) is 8.30. The standard InChI is InChI=1S/C26H27N3O4S/c1-33-25-16(9-10-17-23(25)29(15-7-8-15)14-19(24(17)30)26(31)32)22-13-18-20(5-4-6-21(18)34-22)27-28-11-2-3-12-28/h9-10,13-15H,2-8,11-12H2,1H3,(H,31,32)/b27-20+. The number of carboxylic acid groups (broad SMARTS) is 1. The number of hydrogen-bond donors (Lipinski definition) is 1. The van der Waals surface area contributed by atoms with Gasteiger partial charge in [-0.3, -0.25) is 9.80 Å². The van der Waals surface area contributed by atoms with Gasteiger partial charge in [-0.2, -0.15) is 5.10 Å². The van der Waals surface area contributed by atoms with Crippen LogP contribution < -0.4 is 10.2 Å². The molecular weight excluding hydrogens is 450 g/mol. The van der Waals surface area contributed by atoms with E-state index in [1.807, 2.05) is 10.6 Å². The van der Waals surface area contributed by atoms with E-state index in [9.17, 15) is 14.7 Å². The zero-order chi connectivity index (χ0) is 23.4. The molecule has 2 fully saturated rings. The maximum atomic E-state index is 13.0. The minimum absolute atomic E-state index is 0.191. The lowest BCUT2D eigenvalue weighted by Gasteiger charge is -2.18. The number of aryl methyl sites for hydroxylation is 1. The number of ether oxygens (including phenoxy) is 1. The molecule has 1 aromatic carbocycles. The molecule has 7 nitrogen and oxygen atoms in total. The van der Waals surface area contributed by atoms with Gasteiger partial charge in [0.25, 0.3) is 0 Å². The summed E-state index contributed by atoms with van der Waals surface area (Å²) in [5.74, 6) is -0.560. The molecule has 0 atom stereocenters. The van der Waals surface area contributed by atoms with Crippen LogP contribution in [0.2, 0.25) is 0 Å². The fourth-order valence-corrected chi connectivity index (χ4v) is 6.48. The highest BCUT2D eigenvalue weighted by molar-refractivity contribution is 7.16. The number of aromatic nitrogens is 1. The summed E-state index contributed by atoms with van der Waals surface area (Å²) in [5.41, 5.74) is 3.38. The molecule has 3 aliphatic rings. The molecule has 2 aromatic heterocycles. The molecule has 176 valence electrons. The maximum Gasteiger partial charge on any atom is 0.341 e. The van der Waals surface area contributed by atoms with E-state index in [2.05, 4.69) is 11.1 Å². The summed E-state index contributed by atoms with van der Waals surface area (Å²) in [5, 5.41) is 17.2. The van der Waals surface area contributed by atoms with Gasteiger partial charge in [-0.05, 0) is 63.1 Å². The molecule has 8 heteroatoms. The number of hydrogen-bond acceptors (Lipinski definition) is 6. The first-order chi connectivity index (χ1) is 16.5. The number of rotatable bonds is 5. The third kappa shape index (κ3) is 3.52. The van der Waals surface area contributed by atoms with Gasteiger partial charge in [-0.25, -0.2) is 4.79 Å². The van der Waals surface area contributed by atoms with Gasteiger partial charge in [-0.1, -0.05) is 0 Å². The number of hydrazone groups is 1. The summed E-state index contributed by atoms with van der Waals surface area (Å²) >= 11 is 1.77. The number of benzene rings is 1. The Labute approximate surface area is 201 Å². The van der Waals surface area contributed by atoms with Gasteiger partial charge >= 0.3 is 5.97 Å². The smallest absolute Gasteiger partial charge is 0.341 e. The molecule has 3 aromatic rings. The zero-order valence-corrected chi connectivity index (χ0v) is 20.0. The molecule has 0 bridgehead atoms. The van der Waals surface area contributed by atoms with E-state index >= 15 is 0 Å². The van der Waals surface area contributed by atoms with Crippen LogP contribution in [0.25, 0.3) is 21.3 Å². The Hall–Kier alpha value is -3.13. The van der Waals surface area contributed by atoms with Crippen LogP contribution in [-0.4, -0.2) is 46.6 Å². The highest BCUT2D eigenvalue weighted by Crippen LogP contribution is 2.45. The molecular formula is C26H27N3O4S. The van der Waals surface area contributed by atoms with Crippen LogP contribution in [-0.2, 0) is 6.42 Å². The number of aromatic carboxylic acids is 1. The zero-order valence-electron chi connectivity index (χ0n) is 19.2. The fourth-order valence-electron chi connectivity index (χ4n) is 5.23. The quantitative estimate of drug-likeness (QED) is 0.565. The number of pyridine rings is 1. The maximum absolute atomic E-state index is 13.0. The van der Waals surface area contributed by atoms with Crippen LogP contribution in [0.3, 0.4) is 0 Å². The number of carbonyl (C=O) groups is 1. The predicted molar refractivity (Wildman–Crippen MR) is 134 cm³/mol. The van der Waals surface area contributed by atoms with Gasteiger partial charge in [-0.15, -0.1) is 11.3 Å². The number of carboxylic acids is 1. The van der Waals surface area contributed by atoms with E-state index in [0.717, 1.165) is 55.6 Å². The lowest BCUT2D eigenvalue weighted by molar-refractivity contribution is 0.0695. The third-order valence-electron chi connectivity index (χ3n) is 7.07. The Morgan fingerprint density at radius 1 is 1.15 bits per heavy atom. The lowest BCUT2D eigenvalue weighted by Crippen LogP contribution is -2.19. The van der Waals surface area contributed by atoms with Crippen molar-refractivity contribution in [2.75, 3.05) is 20.2 Å². The van der Waals surface area contributed by atoms with E-state index in [1.165, 1.54) is 35.2 Å². The molecule has 1 aliphatic heterocycles. The summed E-state index contributed by atoms with van der Waals surface area (Å²) in [6, 6.07) is 6.09. The van der Waals surface area contributed by atoms with Gasteiger partial charge in [0.15, 0.2) is 5.75 Å². The molecule has 0 spiro atoms. The molecule has 1 saturated carbocycles. The number of methoxy groups -OCH3 is 1. The average Bonchev–Trinajstić information content (AvgIpc) is 3.36. The Morgan fingerprint density at radius 2 is 1.94 bits per heavy atom. The van der Waals surface area contributed by atoms with Crippen molar-refractivity contribution in [3.05, 3.63) is 50.6 Å². The number of nitrogens with zero attached hydrogens (tertiary/aromatic N) is 3. The fraction of sp³-hybridized carbons (Fsp3) is 0.423. The van der Waals surface area contributed by atoms with E-state index < -0.39 is 11.4 Å². The normalized spacial score (nSPS) is 19.1. The van der Waals surface area contributed by atoms with Crippen molar-refractivity contribution in [3.63, 3.8) is 0 Å². The van der Waals surface area contributed by atoms with Crippen molar-refractivity contribution in [1.82, 2.24) is 9.58 Å². The SMILES string of the molecule is COc1c(-c2cc3c(s2)CCC/C3=N\N2CCCC2)ccc2c(=O)c(C(=O)O)cn(C3CC3)c12. The minimum Gasteiger partial charge on any atom is -0.494 e. The summed E-state index contributed by atoms with van der Waals surface area (Å²) in [4.78, 5) is 27.1. The van der Waals surface area contributed by atoms with Crippen molar-refractivity contribution in [1.29, 1.82) is 0 Å². The van der Waals surface area contributed by atoms with Crippen molar-refractivity contribution < 1.29 is 14.6 Å². The van der Waals surface area contributed by atoms with E-state index in [-0.39, 0.29) is 11.6 Å². The molecule has 2 aliphatic carbocycles. The summed E-state index contributed by atoms with van der Waals surface area (Å²) in [7, 11) is 1.62. The van der Waals surface area contributed by atoms with Gasteiger partial charge in [0.05, 0.1) is 23.7 Å². The summed E-state index contributed by atoms with van der Waals surface area (Å²) in [6.45, 7) is 2.07. The van der Waals surface area contributed by atoms with Crippen LogP contribution in [0.1, 0.15) is 65.4 Å². The van der Waals surface area contributed by atoms with Crippen molar-refractivity contribution in [2.45, 2.75) is 51.0 Å². The first-order valence-electron chi connectivity index (χ1n) is 12.0. The molecule has 6 rings (SSSR count). The van der Waals surface area contributed by atoms with Crippen LogP contribution in [0.4, 0.5) is 0 Å². The average molecular weight is 478 g/mol. The van der Waals surface area contributed by atoms with E-state index in [4.69, 9.17) is 9.84 Å². The van der Waals surface area contributed by atoms with Gasteiger partial charge in [0.1, 0.15) is 5.56 Å². The van der Waals surface area contributed by atoms with E-state index in [1.54, 1.807) is 24.5 Å². The van der Waals surface area contributed by atoms with Crippen LogP contribution >= 0.6 is 11.3 Å². The van der Waals surface area contributed by atoms with Crippen LogP contribution in [0.5, 0.6) is 5.75 Å². The minimum atomic E-state index is -1.19. The van der Waals surface area contributed by atoms with Gasteiger partial charge in [0.2, 0.25) is 5.43 Å². The first-order valence-corrected chi connectivity index (χ1v) is 12.8. The van der Waals surface area contributed by atoms with Crippen LogP contribution in [0.15, 0.2) is 34.3 Å². The van der Waals surface area contributed by atoms with Crippen molar-refractivity contribution in [3.8, 4) is 16.2 Å². The predicted octanol–water partition coefficient (Wildman–Crippen LogP) is 4.91. The lowest BCUT2D eigenvalue weighted by atomic mass is 9.96. The number of thiophene rings is 1. The molecule has 3 heterocycles. The van der Waals surface area contributed by atoms with Gasteiger partial charge < -0.3 is 14.4 Å². The van der Waals surface area contributed by atoms with Crippen molar-refractivity contribution in [2.24, 2.45) is 5.10 Å². The first kappa shape index (κ1) is 21.4. The Kier molecular flexibility index (Phi) is 5.21. The molecule has 0 amide bonds.